The fourth-order valence-electron chi connectivity index (χ4n) is 1.36. The lowest BCUT2D eigenvalue weighted by molar-refractivity contribution is -0.162. The van der Waals surface area contributed by atoms with Crippen LogP contribution in [0.5, 0.6) is 5.75 Å². The van der Waals surface area contributed by atoms with Gasteiger partial charge in [-0.25, -0.2) is 4.79 Å². The fourth-order valence-corrected chi connectivity index (χ4v) is 1.36. The van der Waals surface area contributed by atoms with Crippen molar-refractivity contribution < 1.29 is 27.4 Å². The minimum Gasteiger partial charge on any atom is -0.479 e. The molecule has 112 valence electrons. The van der Waals surface area contributed by atoms with E-state index in [1.54, 1.807) is 20.8 Å². The first kappa shape index (κ1) is 16.3. The minimum absolute atomic E-state index is 0.177. The molecule has 3 nitrogen and oxygen atoms in total. The first-order valence-electron chi connectivity index (χ1n) is 6.06. The van der Waals surface area contributed by atoms with Gasteiger partial charge in [-0.2, -0.15) is 13.2 Å². The highest BCUT2D eigenvalue weighted by Gasteiger charge is 2.30. The van der Waals surface area contributed by atoms with Crippen LogP contribution < -0.4 is 4.74 Å². The third kappa shape index (κ3) is 5.11. The van der Waals surface area contributed by atoms with Gasteiger partial charge in [-0.1, -0.05) is 0 Å². The number of ether oxygens (including phenoxy) is 2. The summed E-state index contributed by atoms with van der Waals surface area (Å²) in [6, 6.07) is 4.14. The Morgan fingerprint density at radius 1 is 1.10 bits per heavy atom. The van der Waals surface area contributed by atoms with E-state index < -0.39 is 29.4 Å². The van der Waals surface area contributed by atoms with Crippen molar-refractivity contribution in [2.24, 2.45) is 0 Å². The molecule has 0 aromatic heterocycles. The van der Waals surface area contributed by atoms with Crippen molar-refractivity contribution in [1.29, 1.82) is 0 Å². The van der Waals surface area contributed by atoms with E-state index in [1.807, 2.05) is 0 Å². The Kier molecular flexibility index (Phi) is 4.68. The standard InChI is InChI=1S/C14H17F3O3/c1-9(12(18)20-13(2,3)4)19-11-7-5-10(6-8-11)14(15,16)17/h5-9H,1-4H3. The number of hydrogen-bond donors (Lipinski definition) is 0. The summed E-state index contributed by atoms with van der Waals surface area (Å²) in [6.07, 6.45) is -5.29. The topological polar surface area (TPSA) is 35.5 Å². The van der Waals surface area contributed by atoms with Gasteiger partial charge in [0.1, 0.15) is 11.4 Å². The molecule has 1 aromatic rings. The van der Waals surface area contributed by atoms with Crippen molar-refractivity contribution in [1.82, 2.24) is 0 Å². The van der Waals surface area contributed by atoms with E-state index in [2.05, 4.69) is 0 Å². The fraction of sp³-hybridized carbons (Fsp3) is 0.500. The number of rotatable bonds is 3. The molecule has 6 heteroatoms. The van der Waals surface area contributed by atoms with E-state index in [0.717, 1.165) is 12.1 Å². The first-order valence-corrected chi connectivity index (χ1v) is 6.06. The Hall–Kier alpha value is -1.72. The molecule has 0 fully saturated rings. The van der Waals surface area contributed by atoms with Crippen molar-refractivity contribution in [3.8, 4) is 5.75 Å². The summed E-state index contributed by atoms with van der Waals surface area (Å²) in [4.78, 5) is 11.7. The van der Waals surface area contributed by atoms with Gasteiger partial charge in [0.2, 0.25) is 0 Å². The van der Waals surface area contributed by atoms with Crippen LogP contribution in [0.4, 0.5) is 13.2 Å². The van der Waals surface area contributed by atoms with Crippen LogP contribution in [-0.2, 0) is 15.7 Å². The lowest BCUT2D eigenvalue weighted by Gasteiger charge is -2.22. The van der Waals surface area contributed by atoms with Crippen LogP contribution in [0, 0.1) is 0 Å². The van der Waals surface area contributed by atoms with Gasteiger partial charge in [0, 0.05) is 0 Å². The largest absolute Gasteiger partial charge is 0.479 e. The molecule has 20 heavy (non-hydrogen) atoms. The second kappa shape index (κ2) is 5.73. The average Bonchev–Trinajstić information content (AvgIpc) is 2.26. The Balaban J connectivity index is 2.67. The lowest BCUT2D eigenvalue weighted by atomic mass is 10.2. The normalized spacial score (nSPS) is 13.8. The smallest absolute Gasteiger partial charge is 0.416 e. The zero-order valence-electron chi connectivity index (χ0n) is 11.7. The summed E-state index contributed by atoms with van der Waals surface area (Å²) in [5.41, 5.74) is -1.41. The average molecular weight is 290 g/mol. The molecule has 0 amide bonds. The molecule has 0 saturated heterocycles. The highest BCUT2D eigenvalue weighted by atomic mass is 19.4. The van der Waals surface area contributed by atoms with E-state index in [0.29, 0.717) is 0 Å². The third-order valence-electron chi connectivity index (χ3n) is 2.23. The predicted octanol–water partition coefficient (Wildman–Crippen LogP) is 3.81. The molecule has 0 aliphatic heterocycles. The highest BCUT2D eigenvalue weighted by Crippen LogP contribution is 2.30. The number of carbonyl (C=O) groups excluding carboxylic acids is 1. The first-order chi connectivity index (χ1) is 8.99. The summed E-state index contributed by atoms with van der Waals surface area (Å²) in [5.74, 6) is -0.395. The maximum atomic E-state index is 12.4. The van der Waals surface area contributed by atoms with E-state index in [1.165, 1.54) is 19.1 Å². The SMILES string of the molecule is CC(Oc1ccc(C(F)(F)F)cc1)C(=O)OC(C)(C)C. The summed E-state index contributed by atoms with van der Waals surface area (Å²) in [6.45, 7) is 6.63. The van der Waals surface area contributed by atoms with Crippen LogP contribution in [0.25, 0.3) is 0 Å². The summed E-state index contributed by atoms with van der Waals surface area (Å²) in [7, 11) is 0. The molecule has 1 aromatic carbocycles. The van der Waals surface area contributed by atoms with Crippen molar-refractivity contribution in [3.05, 3.63) is 29.8 Å². The van der Waals surface area contributed by atoms with Gasteiger partial charge in [-0.05, 0) is 52.0 Å². The predicted molar refractivity (Wildman–Crippen MR) is 67.4 cm³/mol. The van der Waals surface area contributed by atoms with Crippen LogP contribution in [0.2, 0.25) is 0 Å². The molecular weight excluding hydrogens is 273 g/mol. The van der Waals surface area contributed by atoms with Gasteiger partial charge < -0.3 is 9.47 Å². The Morgan fingerprint density at radius 2 is 1.60 bits per heavy atom. The number of alkyl halides is 3. The van der Waals surface area contributed by atoms with Crippen LogP contribution in [0.1, 0.15) is 33.3 Å². The zero-order chi connectivity index (χ0) is 15.6. The van der Waals surface area contributed by atoms with Crippen LogP contribution in [0.3, 0.4) is 0 Å². The number of carbonyl (C=O) groups is 1. The number of esters is 1. The van der Waals surface area contributed by atoms with Crippen molar-refractivity contribution in [2.75, 3.05) is 0 Å². The van der Waals surface area contributed by atoms with E-state index in [4.69, 9.17) is 9.47 Å². The van der Waals surface area contributed by atoms with Gasteiger partial charge in [0.25, 0.3) is 0 Å². The van der Waals surface area contributed by atoms with Crippen molar-refractivity contribution in [3.63, 3.8) is 0 Å². The Labute approximate surface area is 115 Å². The number of hydrogen-bond acceptors (Lipinski definition) is 3. The van der Waals surface area contributed by atoms with E-state index in [-0.39, 0.29) is 5.75 Å². The molecule has 0 bridgehead atoms. The van der Waals surface area contributed by atoms with Crippen LogP contribution in [0.15, 0.2) is 24.3 Å². The molecule has 1 atom stereocenters. The monoisotopic (exact) mass is 290 g/mol. The quantitative estimate of drug-likeness (QED) is 0.794. The summed E-state index contributed by atoms with van der Waals surface area (Å²) < 4.78 is 47.5. The molecule has 1 unspecified atom stereocenters. The Bertz CT molecular complexity index is 458. The lowest BCUT2D eigenvalue weighted by Crippen LogP contribution is -2.33. The Morgan fingerprint density at radius 3 is 2.00 bits per heavy atom. The highest BCUT2D eigenvalue weighted by molar-refractivity contribution is 5.75. The van der Waals surface area contributed by atoms with Gasteiger partial charge >= 0.3 is 12.1 Å². The summed E-state index contributed by atoms with van der Waals surface area (Å²) in [5, 5.41) is 0. The number of halogens is 3. The van der Waals surface area contributed by atoms with Gasteiger partial charge in [-0.15, -0.1) is 0 Å². The van der Waals surface area contributed by atoms with Crippen molar-refractivity contribution in [2.45, 2.75) is 45.6 Å². The number of benzene rings is 1. The second-order valence-corrected chi connectivity index (χ2v) is 5.32. The molecule has 0 aliphatic rings. The second-order valence-electron chi connectivity index (χ2n) is 5.32. The molecule has 0 aliphatic carbocycles. The maximum Gasteiger partial charge on any atom is 0.416 e. The molecular formula is C14H17F3O3. The molecule has 0 N–H and O–H groups in total. The minimum atomic E-state index is -4.39. The third-order valence-corrected chi connectivity index (χ3v) is 2.23. The molecule has 1 rings (SSSR count). The molecule has 0 spiro atoms. The zero-order valence-corrected chi connectivity index (χ0v) is 11.7. The van der Waals surface area contributed by atoms with E-state index >= 15 is 0 Å². The van der Waals surface area contributed by atoms with Gasteiger partial charge in [-0.3, -0.25) is 0 Å². The van der Waals surface area contributed by atoms with Crippen molar-refractivity contribution >= 4 is 5.97 Å². The van der Waals surface area contributed by atoms with Crippen LogP contribution in [-0.4, -0.2) is 17.7 Å². The molecule has 0 radical (unpaired) electrons. The van der Waals surface area contributed by atoms with Gasteiger partial charge in [0.15, 0.2) is 6.10 Å². The molecule has 0 heterocycles. The maximum absolute atomic E-state index is 12.4. The van der Waals surface area contributed by atoms with E-state index in [9.17, 15) is 18.0 Å². The molecule has 0 saturated carbocycles. The van der Waals surface area contributed by atoms with Crippen LogP contribution >= 0.6 is 0 Å². The van der Waals surface area contributed by atoms with Gasteiger partial charge in [0.05, 0.1) is 5.56 Å². The summed E-state index contributed by atoms with van der Waals surface area (Å²) >= 11 is 0.